The Labute approximate surface area is 66.3 Å². The minimum atomic E-state index is 0.866. The van der Waals surface area contributed by atoms with E-state index in [1.165, 1.54) is 0 Å². The van der Waals surface area contributed by atoms with Crippen LogP contribution in [0.25, 0.3) is 6.08 Å². The van der Waals surface area contributed by atoms with Gasteiger partial charge in [0.2, 0.25) is 0 Å². The fraction of sp³-hybridized carbons (Fsp3) is 0.111. The molecule has 2 heteroatoms. The van der Waals surface area contributed by atoms with Crippen molar-refractivity contribution in [3.8, 4) is 0 Å². The van der Waals surface area contributed by atoms with E-state index in [0.717, 1.165) is 11.3 Å². The number of hydrogen-bond donors (Lipinski definition) is 0. The Kier molecular flexibility index (Phi) is 2.55. The second-order valence-electron chi connectivity index (χ2n) is 2.07. The molecular formula is C9H10N2. The van der Waals surface area contributed by atoms with Gasteiger partial charge in [0.25, 0.3) is 0 Å². The van der Waals surface area contributed by atoms with Crippen LogP contribution in [0.5, 0.6) is 0 Å². The fourth-order valence-corrected chi connectivity index (χ4v) is 0.833. The second-order valence-corrected chi connectivity index (χ2v) is 2.07. The third-order valence-corrected chi connectivity index (χ3v) is 1.34. The third kappa shape index (κ3) is 1.74. The van der Waals surface area contributed by atoms with Crippen molar-refractivity contribution in [1.82, 2.24) is 4.98 Å². The first-order valence-corrected chi connectivity index (χ1v) is 3.38. The molecule has 0 saturated heterocycles. The molecule has 0 radical (unpaired) electrons. The molecule has 2 nitrogen and oxygen atoms in total. The van der Waals surface area contributed by atoms with Crippen LogP contribution < -0.4 is 0 Å². The lowest BCUT2D eigenvalue weighted by Crippen LogP contribution is -1.89. The number of pyridine rings is 1. The van der Waals surface area contributed by atoms with Crippen molar-refractivity contribution in [2.75, 3.05) is 7.05 Å². The van der Waals surface area contributed by atoms with Gasteiger partial charge >= 0.3 is 0 Å². The highest BCUT2D eigenvalue weighted by Crippen LogP contribution is 2.03. The van der Waals surface area contributed by atoms with Crippen LogP contribution in [0.15, 0.2) is 29.9 Å². The summed E-state index contributed by atoms with van der Waals surface area (Å²) >= 11 is 0. The first-order valence-electron chi connectivity index (χ1n) is 3.38. The van der Waals surface area contributed by atoms with E-state index in [9.17, 15) is 0 Å². The zero-order valence-electron chi connectivity index (χ0n) is 6.49. The minimum Gasteiger partial charge on any atom is -0.294 e. The summed E-state index contributed by atoms with van der Waals surface area (Å²) in [5.74, 6) is 0. The smallest absolute Gasteiger partial charge is 0.0879 e. The SMILES string of the molecule is C=Cc1cccnc1/C=N\C. The Bertz CT molecular complexity index is 277. The highest BCUT2D eigenvalue weighted by atomic mass is 14.7. The van der Waals surface area contributed by atoms with Crippen LogP contribution in [0.2, 0.25) is 0 Å². The summed E-state index contributed by atoms with van der Waals surface area (Å²) in [6.45, 7) is 3.67. The van der Waals surface area contributed by atoms with Gasteiger partial charge in [-0.2, -0.15) is 0 Å². The molecular weight excluding hydrogens is 136 g/mol. The molecule has 1 rings (SSSR count). The Morgan fingerprint density at radius 2 is 2.45 bits per heavy atom. The van der Waals surface area contributed by atoms with Gasteiger partial charge in [0, 0.05) is 25.0 Å². The average Bonchev–Trinajstić information content (AvgIpc) is 2.06. The summed E-state index contributed by atoms with van der Waals surface area (Å²) in [4.78, 5) is 8.00. The Morgan fingerprint density at radius 3 is 3.09 bits per heavy atom. The standard InChI is InChI=1S/C9H10N2/c1-3-8-5-4-6-11-9(8)7-10-2/h3-7H,1H2,2H3/b10-7-. The van der Waals surface area contributed by atoms with Crippen LogP contribution >= 0.6 is 0 Å². The van der Waals surface area contributed by atoms with Gasteiger partial charge in [-0.3, -0.25) is 9.98 Å². The molecule has 56 valence electrons. The van der Waals surface area contributed by atoms with Gasteiger partial charge in [0.05, 0.1) is 5.69 Å². The summed E-state index contributed by atoms with van der Waals surface area (Å²) < 4.78 is 0. The molecule has 1 heterocycles. The molecule has 11 heavy (non-hydrogen) atoms. The van der Waals surface area contributed by atoms with Crippen molar-refractivity contribution in [2.24, 2.45) is 4.99 Å². The molecule has 0 fully saturated rings. The molecule has 0 N–H and O–H groups in total. The maximum atomic E-state index is 4.12. The van der Waals surface area contributed by atoms with Crippen LogP contribution in [-0.4, -0.2) is 18.2 Å². The topological polar surface area (TPSA) is 25.2 Å². The summed E-state index contributed by atoms with van der Waals surface area (Å²) in [7, 11) is 1.72. The largest absolute Gasteiger partial charge is 0.294 e. The lowest BCUT2D eigenvalue weighted by Gasteiger charge is -1.95. The van der Waals surface area contributed by atoms with Crippen molar-refractivity contribution >= 4 is 12.3 Å². The number of hydrogen-bond acceptors (Lipinski definition) is 2. The number of nitrogens with zero attached hydrogens (tertiary/aromatic N) is 2. The van der Waals surface area contributed by atoms with E-state index in [2.05, 4.69) is 16.6 Å². The summed E-state index contributed by atoms with van der Waals surface area (Å²) in [5, 5.41) is 0. The van der Waals surface area contributed by atoms with Crippen molar-refractivity contribution in [3.05, 3.63) is 36.2 Å². The van der Waals surface area contributed by atoms with E-state index in [0.29, 0.717) is 0 Å². The van der Waals surface area contributed by atoms with Crippen molar-refractivity contribution in [3.63, 3.8) is 0 Å². The van der Waals surface area contributed by atoms with Gasteiger partial charge < -0.3 is 0 Å². The number of aliphatic imine (C=N–C) groups is 1. The highest BCUT2D eigenvalue weighted by molar-refractivity contribution is 5.82. The normalized spacial score (nSPS) is 10.3. The third-order valence-electron chi connectivity index (χ3n) is 1.34. The first kappa shape index (κ1) is 7.66. The van der Waals surface area contributed by atoms with Crippen LogP contribution in [0.3, 0.4) is 0 Å². The van der Waals surface area contributed by atoms with Gasteiger partial charge in [-0.05, 0) is 6.07 Å². The predicted octanol–water partition coefficient (Wildman–Crippen LogP) is 1.77. The van der Waals surface area contributed by atoms with Crippen LogP contribution in [0.1, 0.15) is 11.3 Å². The maximum Gasteiger partial charge on any atom is 0.0879 e. The fourth-order valence-electron chi connectivity index (χ4n) is 0.833. The molecule has 1 aromatic heterocycles. The quantitative estimate of drug-likeness (QED) is 0.584. The minimum absolute atomic E-state index is 0.866. The van der Waals surface area contributed by atoms with E-state index in [1.807, 2.05) is 12.1 Å². The van der Waals surface area contributed by atoms with Gasteiger partial charge in [-0.15, -0.1) is 0 Å². The monoisotopic (exact) mass is 146 g/mol. The molecule has 0 amide bonds. The molecule has 0 aliphatic rings. The maximum absolute atomic E-state index is 4.12. The molecule has 0 aliphatic carbocycles. The van der Waals surface area contributed by atoms with Crippen molar-refractivity contribution in [2.45, 2.75) is 0 Å². The molecule has 0 aliphatic heterocycles. The van der Waals surface area contributed by atoms with Crippen molar-refractivity contribution in [1.29, 1.82) is 0 Å². The Hall–Kier alpha value is -1.44. The summed E-state index contributed by atoms with van der Waals surface area (Å²) in [6.07, 6.45) is 5.23. The van der Waals surface area contributed by atoms with E-state index >= 15 is 0 Å². The molecule has 0 aromatic carbocycles. The van der Waals surface area contributed by atoms with Crippen LogP contribution in [0, 0.1) is 0 Å². The molecule has 1 aromatic rings. The molecule has 0 saturated carbocycles. The van der Waals surface area contributed by atoms with E-state index in [1.54, 1.807) is 25.5 Å². The zero-order valence-corrected chi connectivity index (χ0v) is 6.49. The van der Waals surface area contributed by atoms with Crippen LogP contribution in [0.4, 0.5) is 0 Å². The number of aromatic nitrogens is 1. The van der Waals surface area contributed by atoms with E-state index in [-0.39, 0.29) is 0 Å². The average molecular weight is 146 g/mol. The summed E-state index contributed by atoms with van der Waals surface area (Å²) in [6, 6.07) is 3.83. The van der Waals surface area contributed by atoms with E-state index in [4.69, 9.17) is 0 Å². The molecule has 0 unspecified atom stereocenters. The van der Waals surface area contributed by atoms with E-state index < -0.39 is 0 Å². The van der Waals surface area contributed by atoms with Gasteiger partial charge in [-0.25, -0.2) is 0 Å². The van der Waals surface area contributed by atoms with Gasteiger partial charge in [-0.1, -0.05) is 18.7 Å². The molecule has 0 bridgehead atoms. The lowest BCUT2D eigenvalue weighted by atomic mass is 10.2. The number of rotatable bonds is 2. The van der Waals surface area contributed by atoms with Gasteiger partial charge in [0.15, 0.2) is 0 Å². The summed E-state index contributed by atoms with van der Waals surface area (Å²) in [5.41, 5.74) is 1.88. The molecule has 0 atom stereocenters. The first-order chi connectivity index (χ1) is 5.38. The predicted molar refractivity (Wildman–Crippen MR) is 47.8 cm³/mol. The zero-order chi connectivity index (χ0) is 8.10. The van der Waals surface area contributed by atoms with Crippen LogP contribution in [-0.2, 0) is 0 Å². The Morgan fingerprint density at radius 1 is 1.64 bits per heavy atom. The second kappa shape index (κ2) is 3.66. The Balaban J connectivity index is 3.11. The molecule has 0 spiro atoms. The lowest BCUT2D eigenvalue weighted by molar-refractivity contribution is 1.28. The highest BCUT2D eigenvalue weighted by Gasteiger charge is 1.93. The van der Waals surface area contributed by atoms with Gasteiger partial charge in [0.1, 0.15) is 0 Å². The van der Waals surface area contributed by atoms with Crippen molar-refractivity contribution < 1.29 is 0 Å².